The first-order valence-corrected chi connectivity index (χ1v) is 4.99. The summed E-state index contributed by atoms with van der Waals surface area (Å²) in [5.74, 6) is 0. The van der Waals surface area contributed by atoms with Gasteiger partial charge >= 0.3 is 0 Å². The lowest BCUT2D eigenvalue weighted by Crippen LogP contribution is -2.23. The summed E-state index contributed by atoms with van der Waals surface area (Å²) in [5, 5.41) is 4.04. The highest BCUT2D eigenvalue weighted by Gasteiger charge is 2.07. The molecule has 0 N–H and O–H groups in total. The molecule has 76 valence electrons. The average molecular weight is 274 g/mol. The zero-order valence-corrected chi connectivity index (χ0v) is 9.70. The summed E-state index contributed by atoms with van der Waals surface area (Å²) >= 11 is 22.1. The fourth-order valence-corrected chi connectivity index (χ4v) is 1.19. The Balaban J connectivity index is 3.13. The van der Waals surface area contributed by atoms with E-state index in [1.54, 1.807) is 0 Å². The zero-order chi connectivity index (χ0) is 10.7. The molecule has 14 heavy (non-hydrogen) atoms. The van der Waals surface area contributed by atoms with Crippen molar-refractivity contribution in [2.24, 2.45) is 0 Å². The SMILES string of the molecule is O=c1c(Cl)c(Cl)cnn1C/C(Cl)=C/Cl. The Morgan fingerprint density at radius 2 is 2.21 bits per heavy atom. The Hall–Kier alpha value is -0.220. The first kappa shape index (κ1) is 11.9. The van der Waals surface area contributed by atoms with E-state index in [0.717, 1.165) is 10.2 Å². The van der Waals surface area contributed by atoms with Crippen LogP contribution >= 0.6 is 46.4 Å². The van der Waals surface area contributed by atoms with Gasteiger partial charge in [0, 0.05) is 5.54 Å². The smallest absolute Gasteiger partial charge is 0.266 e. The van der Waals surface area contributed by atoms with Gasteiger partial charge in [0.05, 0.1) is 22.8 Å². The predicted octanol–water partition coefficient (Wildman–Crippen LogP) is 2.87. The molecule has 7 heteroatoms. The molecule has 0 saturated carbocycles. The molecule has 0 aliphatic carbocycles. The highest BCUT2D eigenvalue weighted by atomic mass is 35.5. The van der Waals surface area contributed by atoms with Gasteiger partial charge in [-0.3, -0.25) is 4.79 Å². The summed E-state index contributed by atoms with van der Waals surface area (Å²) in [6.07, 6.45) is 1.27. The quantitative estimate of drug-likeness (QED) is 0.831. The second kappa shape index (κ2) is 5.03. The maximum absolute atomic E-state index is 11.4. The third-order valence-electron chi connectivity index (χ3n) is 1.36. The van der Waals surface area contributed by atoms with Gasteiger partial charge in [0.2, 0.25) is 0 Å². The van der Waals surface area contributed by atoms with Crippen molar-refractivity contribution in [2.75, 3.05) is 0 Å². The minimum Gasteiger partial charge on any atom is -0.266 e. The molecular weight excluding hydrogens is 270 g/mol. The van der Waals surface area contributed by atoms with Crippen molar-refractivity contribution in [1.82, 2.24) is 9.78 Å². The Kier molecular flexibility index (Phi) is 4.26. The molecule has 0 spiro atoms. The van der Waals surface area contributed by atoms with Gasteiger partial charge in [0.15, 0.2) is 0 Å². The molecule has 0 aliphatic heterocycles. The van der Waals surface area contributed by atoms with Crippen LogP contribution in [0.4, 0.5) is 0 Å². The fraction of sp³-hybridized carbons (Fsp3) is 0.143. The Labute approximate surface area is 99.8 Å². The van der Waals surface area contributed by atoms with Gasteiger partial charge in [-0.1, -0.05) is 46.4 Å². The Morgan fingerprint density at radius 3 is 2.79 bits per heavy atom. The van der Waals surface area contributed by atoms with Crippen molar-refractivity contribution in [3.05, 3.63) is 37.2 Å². The van der Waals surface area contributed by atoms with Crippen molar-refractivity contribution in [2.45, 2.75) is 6.54 Å². The van der Waals surface area contributed by atoms with E-state index >= 15 is 0 Å². The van der Waals surface area contributed by atoms with Gasteiger partial charge in [-0.25, -0.2) is 4.68 Å². The standard InChI is InChI=1S/C7H4Cl4N2O/c8-1-4(9)3-13-7(14)6(11)5(10)2-12-13/h1-2H,3H2/b4-1-. The summed E-state index contributed by atoms with van der Waals surface area (Å²) in [7, 11) is 0. The van der Waals surface area contributed by atoms with E-state index < -0.39 is 5.56 Å². The molecule has 0 unspecified atom stereocenters. The van der Waals surface area contributed by atoms with Crippen LogP contribution in [0.5, 0.6) is 0 Å². The van der Waals surface area contributed by atoms with Crippen LogP contribution in [0.25, 0.3) is 0 Å². The lowest BCUT2D eigenvalue weighted by Gasteiger charge is -2.03. The number of hydrogen-bond donors (Lipinski definition) is 0. The van der Waals surface area contributed by atoms with Crippen molar-refractivity contribution in [1.29, 1.82) is 0 Å². The van der Waals surface area contributed by atoms with Crippen molar-refractivity contribution in [3.63, 3.8) is 0 Å². The molecule has 1 aromatic rings. The Bertz CT molecular complexity index is 426. The minimum atomic E-state index is -0.504. The number of rotatable bonds is 2. The number of aromatic nitrogens is 2. The van der Waals surface area contributed by atoms with Gasteiger partial charge in [-0.05, 0) is 0 Å². The molecule has 0 amide bonds. The van der Waals surface area contributed by atoms with Crippen LogP contribution in [0.3, 0.4) is 0 Å². The summed E-state index contributed by atoms with van der Waals surface area (Å²) in [4.78, 5) is 11.4. The van der Waals surface area contributed by atoms with E-state index in [1.165, 1.54) is 6.20 Å². The first-order valence-electron chi connectivity index (χ1n) is 3.42. The van der Waals surface area contributed by atoms with Gasteiger partial charge in [0.25, 0.3) is 5.56 Å². The second-order valence-corrected chi connectivity index (χ2v) is 3.81. The number of nitrogens with zero attached hydrogens (tertiary/aromatic N) is 2. The van der Waals surface area contributed by atoms with Crippen LogP contribution in [-0.4, -0.2) is 9.78 Å². The molecule has 1 rings (SSSR count). The molecule has 0 bridgehead atoms. The minimum absolute atomic E-state index is 0.0702. The molecule has 0 fully saturated rings. The summed E-state index contributed by atoms with van der Waals surface area (Å²) in [6.45, 7) is 0.0702. The van der Waals surface area contributed by atoms with E-state index in [-0.39, 0.29) is 21.6 Å². The largest absolute Gasteiger partial charge is 0.287 e. The maximum Gasteiger partial charge on any atom is 0.287 e. The average Bonchev–Trinajstić information content (AvgIpc) is 2.19. The van der Waals surface area contributed by atoms with Crippen LogP contribution in [0.2, 0.25) is 10.0 Å². The monoisotopic (exact) mass is 272 g/mol. The van der Waals surface area contributed by atoms with E-state index in [1.807, 2.05) is 0 Å². The van der Waals surface area contributed by atoms with Gasteiger partial charge in [-0.2, -0.15) is 5.10 Å². The van der Waals surface area contributed by atoms with E-state index in [4.69, 9.17) is 46.4 Å². The molecule has 0 radical (unpaired) electrons. The van der Waals surface area contributed by atoms with Crippen molar-refractivity contribution < 1.29 is 0 Å². The lowest BCUT2D eigenvalue weighted by atomic mass is 10.5. The molecule has 1 aromatic heterocycles. The van der Waals surface area contributed by atoms with Gasteiger partial charge in [-0.15, -0.1) is 0 Å². The highest BCUT2D eigenvalue weighted by molar-refractivity contribution is 6.41. The number of hydrogen-bond acceptors (Lipinski definition) is 2. The number of allylic oxidation sites excluding steroid dienone is 1. The van der Waals surface area contributed by atoms with Crippen LogP contribution in [0.15, 0.2) is 21.6 Å². The third kappa shape index (κ3) is 2.64. The maximum atomic E-state index is 11.4. The fourth-order valence-electron chi connectivity index (χ4n) is 0.735. The molecule has 1 heterocycles. The lowest BCUT2D eigenvalue weighted by molar-refractivity contribution is 0.646. The first-order chi connectivity index (χ1) is 6.56. The van der Waals surface area contributed by atoms with Crippen LogP contribution in [0.1, 0.15) is 0 Å². The molecule has 0 aliphatic rings. The van der Waals surface area contributed by atoms with Crippen LogP contribution < -0.4 is 5.56 Å². The van der Waals surface area contributed by atoms with E-state index in [2.05, 4.69) is 5.10 Å². The molecule has 0 aromatic carbocycles. The topological polar surface area (TPSA) is 34.9 Å². The van der Waals surface area contributed by atoms with Crippen molar-refractivity contribution in [3.8, 4) is 0 Å². The normalized spacial score (nSPS) is 11.9. The molecule has 3 nitrogen and oxygen atoms in total. The summed E-state index contributed by atoms with van der Waals surface area (Å²) < 4.78 is 1.06. The zero-order valence-electron chi connectivity index (χ0n) is 6.68. The summed E-state index contributed by atoms with van der Waals surface area (Å²) in [6, 6.07) is 0. The van der Waals surface area contributed by atoms with Gasteiger partial charge in [0.1, 0.15) is 5.02 Å². The van der Waals surface area contributed by atoms with E-state index in [9.17, 15) is 4.79 Å². The second-order valence-electron chi connectivity index (χ2n) is 2.33. The Morgan fingerprint density at radius 1 is 1.57 bits per heavy atom. The third-order valence-corrected chi connectivity index (χ3v) is 2.71. The highest BCUT2D eigenvalue weighted by Crippen LogP contribution is 2.15. The molecular formula is C7H4Cl4N2O. The van der Waals surface area contributed by atoms with Crippen LogP contribution in [-0.2, 0) is 6.54 Å². The predicted molar refractivity (Wildman–Crippen MR) is 58.3 cm³/mol. The number of halogens is 4. The van der Waals surface area contributed by atoms with Crippen LogP contribution in [0, 0.1) is 0 Å². The van der Waals surface area contributed by atoms with Crippen molar-refractivity contribution >= 4 is 46.4 Å². The van der Waals surface area contributed by atoms with E-state index in [0.29, 0.717) is 0 Å². The molecule has 0 saturated heterocycles. The summed E-state index contributed by atoms with van der Waals surface area (Å²) in [5.41, 5.74) is 0.647. The van der Waals surface area contributed by atoms with Gasteiger partial charge < -0.3 is 0 Å². The molecule has 0 atom stereocenters.